The van der Waals surface area contributed by atoms with Crippen LogP contribution in [-0.2, 0) is 9.59 Å². The molecule has 0 aromatic carbocycles. The molecule has 0 amide bonds. The molecule has 4 aliphatic carbocycles. The molecule has 2 saturated carbocycles. The van der Waals surface area contributed by atoms with Crippen LogP contribution in [0.4, 0.5) is 0 Å². The Morgan fingerprint density at radius 2 is 1.00 bits per heavy atom. The number of ketones is 2. The van der Waals surface area contributed by atoms with E-state index in [1.54, 1.807) is 11.1 Å². The summed E-state index contributed by atoms with van der Waals surface area (Å²) in [5, 5.41) is 2.16. The molecule has 5 heteroatoms. The third kappa shape index (κ3) is 2.00. The van der Waals surface area contributed by atoms with E-state index in [2.05, 4.69) is 11.8 Å². The lowest BCUT2D eigenvalue weighted by Gasteiger charge is -2.30. The third-order valence-electron chi connectivity index (χ3n) is 8.31. The Balaban J connectivity index is 1.23. The molecule has 8 unspecified atom stereocenters. The number of hydrogen-bond acceptors (Lipinski definition) is 5. The molecular weight excluding hydrogens is 392 g/mol. The van der Waals surface area contributed by atoms with Gasteiger partial charge in [0, 0.05) is 32.8 Å². The highest BCUT2D eigenvalue weighted by molar-refractivity contribution is 8.13. The Hall–Kier alpha value is -0.130. The Kier molecular flexibility index (Phi) is 3.53. The lowest BCUT2D eigenvalue weighted by atomic mass is 9.76. The van der Waals surface area contributed by atoms with E-state index in [-0.39, 0.29) is 0 Å². The summed E-state index contributed by atoms with van der Waals surface area (Å²) < 4.78 is 0. The van der Waals surface area contributed by atoms with E-state index in [9.17, 15) is 9.59 Å². The van der Waals surface area contributed by atoms with E-state index >= 15 is 0 Å². The molecule has 142 valence electrons. The fraction of sp³-hybridized carbons (Fsp3) is 0.727. The lowest BCUT2D eigenvalue weighted by molar-refractivity contribution is -0.120. The van der Waals surface area contributed by atoms with Crippen molar-refractivity contribution in [3.05, 3.63) is 21.0 Å². The van der Waals surface area contributed by atoms with Crippen molar-refractivity contribution in [2.24, 2.45) is 23.7 Å². The third-order valence-corrected chi connectivity index (χ3v) is 13.5. The molecule has 0 radical (unpaired) electrons. The van der Waals surface area contributed by atoms with Crippen molar-refractivity contribution in [3.63, 3.8) is 0 Å². The topological polar surface area (TPSA) is 34.1 Å². The molecule has 3 aliphatic heterocycles. The summed E-state index contributed by atoms with van der Waals surface area (Å²) in [5.74, 6) is 2.71. The summed E-state index contributed by atoms with van der Waals surface area (Å²) in [4.78, 5) is 28.4. The first-order valence-corrected chi connectivity index (χ1v) is 13.5. The summed E-state index contributed by atoms with van der Waals surface area (Å²) in [7, 11) is 0. The monoisotopic (exact) mass is 416 g/mol. The fourth-order valence-corrected chi connectivity index (χ4v) is 13.5. The number of fused-ring (bicyclic) bond motifs is 9. The number of Topliss-reactive ketones (excluding diaryl/α,β-unsaturated/α-hetero) is 2. The van der Waals surface area contributed by atoms with E-state index in [1.807, 2.05) is 23.5 Å². The van der Waals surface area contributed by atoms with Gasteiger partial charge in [-0.05, 0) is 48.7 Å². The fourth-order valence-electron chi connectivity index (χ4n) is 7.21. The molecule has 27 heavy (non-hydrogen) atoms. The first-order chi connectivity index (χ1) is 13.2. The zero-order valence-corrected chi connectivity index (χ0v) is 17.8. The van der Waals surface area contributed by atoms with Crippen LogP contribution in [0.1, 0.15) is 51.4 Å². The van der Waals surface area contributed by atoms with E-state index in [4.69, 9.17) is 0 Å². The van der Waals surface area contributed by atoms with Gasteiger partial charge in [0.25, 0.3) is 0 Å². The lowest BCUT2D eigenvalue weighted by Crippen LogP contribution is -2.31. The predicted molar refractivity (Wildman–Crippen MR) is 113 cm³/mol. The smallest absolute Gasteiger partial charge is 0.172 e. The molecule has 1 saturated heterocycles. The van der Waals surface area contributed by atoms with Gasteiger partial charge in [-0.15, -0.1) is 35.3 Å². The largest absolute Gasteiger partial charge is 0.293 e. The summed E-state index contributed by atoms with van der Waals surface area (Å²) in [6.45, 7) is 0. The van der Waals surface area contributed by atoms with Crippen LogP contribution in [-0.4, -0.2) is 32.6 Å². The van der Waals surface area contributed by atoms with Crippen molar-refractivity contribution in [1.82, 2.24) is 0 Å². The molecule has 8 atom stereocenters. The number of hydrogen-bond donors (Lipinski definition) is 0. The van der Waals surface area contributed by atoms with Crippen molar-refractivity contribution in [2.75, 3.05) is 0 Å². The number of carbonyl (C=O) groups is 2. The first-order valence-electron chi connectivity index (χ1n) is 10.8. The molecule has 0 bridgehead atoms. The second-order valence-corrected chi connectivity index (χ2v) is 13.1. The molecule has 7 aliphatic rings. The van der Waals surface area contributed by atoms with Crippen LogP contribution in [0.5, 0.6) is 0 Å². The van der Waals surface area contributed by atoms with Gasteiger partial charge in [0.15, 0.2) is 11.6 Å². The Morgan fingerprint density at radius 1 is 0.593 bits per heavy atom. The van der Waals surface area contributed by atoms with Crippen LogP contribution in [0.25, 0.3) is 0 Å². The van der Waals surface area contributed by atoms with Crippen molar-refractivity contribution < 1.29 is 9.59 Å². The quantitative estimate of drug-likeness (QED) is 0.556. The van der Waals surface area contributed by atoms with E-state index in [1.165, 1.54) is 48.3 Å². The standard InChI is InChI=1S/C22H24O2S3/c23-15-11-7-3-1-5-9(11)13-17(15)25-21-19(13)27-20-14-10-6-2-4-8-12(10)16(24)18(14)26-22(20)21/h9-12,19-22H,1-8H2. The van der Waals surface area contributed by atoms with Gasteiger partial charge in [0.2, 0.25) is 0 Å². The predicted octanol–water partition coefficient (Wildman–Crippen LogP) is 4.99. The van der Waals surface area contributed by atoms with E-state index < -0.39 is 0 Å². The summed E-state index contributed by atoms with van der Waals surface area (Å²) in [6, 6.07) is 0. The van der Waals surface area contributed by atoms with Crippen molar-refractivity contribution in [1.29, 1.82) is 0 Å². The SMILES string of the molecule is O=C1C2=C(C3CCCCC13)C1SC3C4=C(SC3C1S2)C(=O)C1CCCCC41. The minimum Gasteiger partial charge on any atom is -0.293 e. The minimum absolute atomic E-state index is 0.316. The zero-order chi connectivity index (χ0) is 17.9. The van der Waals surface area contributed by atoms with Gasteiger partial charge in [0.05, 0.1) is 9.81 Å². The van der Waals surface area contributed by atoms with Crippen LogP contribution in [0, 0.1) is 23.7 Å². The Labute approximate surface area is 173 Å². The maximum atomic E-state index is 13.0. The van der Waals surface area contributed by atoms with E-state index in [0.717, 1.165) is 12.8 Å². The highest BCUT2D eigenvalue weighted by Gasteiger charge is 2.63. The summed E-state index contributed by atoms with van der Waals surface area (Å²) >= 11 is 6.00. The van der Waals surface area contributed by atoms with Crippen LogP contribution in [0.2, 0.25) is 0 Å². The summed E-state index contributed by atoms with van der Waals surface area (Å²) in [6.07, 6.45) is 9.78. The normalized spacial score (nSPS) is 49.9. The van der Waals surface area contributed by atoms with E-state index in [0.29, 0.717) is 56.2 Å². The number of rotatable bonds is 0. The van der Waals surface area contributed by atoms with Crippen molar-refractivity contribution in [2.45, 2.75) is 72.4 Å². The van der Waals surface area contributed by atoms with Crippen molar-refractivity contribution in [3.8, 4) is 0 Å². The average molecular weight is 417 g/mol. The maximum Gasteiger partial charge on any atom is 0.172 e. The highest BCUT2D eigenvalue weighted by Crippen LogP contribution is 2.69. The molecule has 0 N–H and O–H groups in total. The molecule has 0 aromatic heterocycles. The van der Waals surface area contributed by atoms with Crippen LogP contribution in [0.15, 0.2) is 21.0 Å². The van der Waals surface area contributed by atoms with Crippen molar-refractivity contribution >= 4 is 46.9 Å². The van der Waals surface area contributed by atoms with Crippen LogP contribution in [0.3, 0.4) is 0 Å². The van der Waals surface area contributed by atoms with Gasteiger partial charge in [0.1, 0.15) is 0 Å². The number of allylic oxidation sites excluding steroid dienone is 2. The zero-order valence-electron chi connectivity index (χ0n) is 15.3. The summed E-state index contributed by atoms with van der Waals surface area (Å²) in [5.41, 5.74) is 3.12. The van der Waals surface area contributed by atoms with Gasteiger partial charge in [-0.25, -0.2) is 0 Å². The average Bonchev–Trinajstić information content (AvgIpc) is 3.43. The second kappa shape index (κ2) is 5.72. The van der Waals surface area contributed by atoms with Gasteiger partial charge < -0.3 is 0 Å². The molecule has 0 spiro atoms. The van der Waals surface area contributed by atoms with Gasteiger partial charge >= 0.3 is 0 Å². The number of thioether (sulfide) groups is 3. The van der Waals surface area contributed by atoms with Crippen LogP contribution >= 0.6 is 35.3 Å². The van der Waals surface area contributed by atoms with Crippen LogP contribution < -0.4 is 0 Å². The Bertz CT molecular complexity index is 774. The Morgan fingerprint density at radius 3 is 1.44 bits per heavy atom. The molecule has 2 nitrogen and oxygen atoms in total. The van der Waals surface area contributed by atoms with Gasteiger partial charge in [-0.2, -0.15) is 0 Å². The molecule has 7 rings (SSSR count). The first kappa shape index (κ1) is 16.6. The number of carbonyl (C=O) groups excluding carboxylic acids is 2. The van der Waals surface area contributed by atoms with Gasteiger partial charge in [-0.3, -0.25) is 9.59 Å². The molecular formula is C22H24O2S3. The van der Waals surface area contributed by atoms with Gasteiger partial charge in [-0.1, -0.05) is 25.7 Å². The minimum atomic E-state index is 0.316. The highest BCUT2D eigenvalue weighted by atomic mass is 32.2. The molecule has 3 heterocycles. The molecule has 0 aromatic rings. The molecule has 3 fully saturated rings. The maximum absolute atomic E-state index is 13.0. The second-order valence-electron chi connectivity index (χ2n) is 9.43.